The van der Waals surface area contributed by atoms with E-state index in [9.17, 15) is 8.42 Å². The van der Waals surface area contributed by atoms with Crippen molar-refractivity contribution in [2.24, 2.45) is 5.92 Å². The molecule has 1 N–H and O–H groups in total. The third kappa shape index (κ3) is 5.38. The number of aromatic nitrogens is 1. The molecule has 1 saturated carbocycles. The number of hydrogen-bond acceptors (Lipinski definition) is 3. The van der Waals surface area contributed by atoms with Gasteiger partial charge in [-0.05, 0) is 43.7 Å². The molecule has 0 bridgehead atoms. The normalized spacial score (nSPS) is 23.6. The first-order chi connectivity index (χ1) is 9.55. The van der Waals surface area contributed by atoms with Gasteiger partial charge >= 0.3 is 0 Å². The van der Waals surface area contributed by atoms with E-state index in [0.717, 1.165) is 31.4 Å². The second-order valence-corrected chi connectivity index (χ2v) is 7.90. The summed E-state index contributed by atoms with van der Waals surface area (Å²) in [5, 5.41) is 0.270. The maximum atomic E-state index is 11.9. The van der Waals surface area contributed by atoms with Crippen LogP contribution < -0.4 is 4.72 Å². The van der Waals surface area contributed by atoms with Gasteiger partial charge in [0.2, 0.25) is 10.0 Å². The highest BCUT2D eigenvalue weighted by Crippen LogP contribution is 2.27. The van der Waals surface area contributed by atoms with Gasteiger partial charge in [0, 0.05) is 30.2 Å². The minimum Gasteiger partial charge on any atom is -0.261 e. The Balaban J connectivity index is 1.74. The third-order valence-electron chi connectivity index (χ3n) is 3.72. The van der Waals surface area contributed by atoms with Crippen molar-refractivity contribution in [3.8, 4) is 0 Å². The maximum Gasteiger partial charge on any atom is 0.211 e. The van der Waals surface area contributed by atoms with E-state index in [-0.39, 0.29) is 11.1 Å². The van der Waals surface area contributed by atoms with E-state index in [0.29, 0.717) is 18.9 Å². The zero-order chi connectivity index (χ0) is 14.4. The Labute approximate surface area is 126 Å². The van der Waals surface area contributed by atoms with Crippen molar-refractivity contribution >= 4 is 21.6 Å². The fourth-order valence-electron chi connectivity index (χ4n) is 2.43. The summed E-state index contributed by atoms with van der Waals surface area (Å²) in [7, 11) is -3.22. The second kappa shape index (κ2) is 7.38. The summed E-state index contributed by atoms with van der Waals surface area (Å²) >= 11 is 6.04. The van der Waals surface area contributed by atoms with Crippen molar-refractivity contribution in [1.29, 1.82) is 0 Å². The van der Waals surface area contributed by atoms with Crippen molar-refractivity contribution in [3.63, 3.8) is 0 Å². The Bertz CT molecular complexity index is 499. The molecule has 2 rings (SSSR count). The molecule has 20 heavy (non-hydrogen) atoms. The topological polar surface area (TPSA) is 59.1 Å². The van der Waals surface area contributed by atoms with Gasteiger partial charge in [0.15, 0.2) is 0 Å². The number of sulfonamides is 1. The summed E-state index contributed by atoms with van der Waals surface area (Å²) in [6.45, 7) is 0.536. The molecule has 0 aromatic carbocycles. The van der Waals surface area contributed by atoms with E-state index >= 15 is 0 Å². The molecule has 1 aliphatic rings. The van der Waals surface area contributed by atoms with Crippen LogP contribution in [0.5, 0.6) is 0 Å². The van der Waals surface area contributed by atoms with Crippen molar-refractivity contribution in [2.45, 2.75) is 37.5 Å². The molecule has 0 aliphatic heterocycles. The van der Waals surface area contributed by atoms with Crippen LogP contribution in [0.2, 0.25) is 0 Å². The minimum absolute atomic E-state index is 0.0921. The van der Waals surface area contributed by atoms with Gasteiger partial charge in [0.05, 0.1) is 5.75 Å². The van der Waals surface area contributed by atoms with Crippen molar-refractivity contribution in [2.75, 3.05) is 12.3 Å². The van der Waals surface area contributed by atoms with E-state index in [4.69, 9.17) is 11.6 Å². The molecule has 1 fully saturated rings. The highest BCUT2D eigenvalue weighted by molar-refractivity contribution is 7.89. The molecule has 0 radical (unpaired) electrons. The van der Waals surface area contributed by atoms with Crippen molar-refractivity contribution in [3.05, 3.63) is 30.1 Å². The average molecular weight is 317 g/mol. The number of halogens is 1. The molecule has 0 unspecified atom stereocenters. The Morgan fingerprint density at radius 1 is 1.25 bits per heavy atom. The van der Waals surface area contributed by atoms with Crippen molar-refractivity contribution in [1.82, 2.24) is 9.71 Å². The molecular weight excluding hydrogens is 296 g/mol. The summed E-state index contributed by atoms with van der Waals surface area (Å²) in [5.74, 6) is 0.518. The molecule has 1 aromatic rings. The van der Waals surface area contributed by atoms with E-state index in [1.165, 1.54) is 0 Å². The number of hydrogen-bond donors (Lipinski definition) is 1. The van der Waals surface area contributed by atoms with Crippen LogP contribution in [0.1, 0.15) is 31.4 Å². The lowest BCUT2D eigenvalue weighted by Gasteiger charge is -2.24. The number of nitrogens with zero attached hydrogens (tertiary/aromatic N) is 1. The molecule has 4 nitrogen and oxygen atoms in total. The van der Waals surface area contributed by atoms with Gasteiger partial charge in [0.25, 0.3) is 0 Å². The highest BCUT2D eigenvalue weighted by Gasteiger charge is 2.21. The van der Waals surface area contributed by atoms with Crippen LogP contribution in [0.3, 0.4) is 0 Å². The molecule has 1 aliphatic carbocycles. The predicted molar refractivity (Wildman–Crippen MR) is 81.3 cm³/mol. The van der Waals surface area contributed by atoms with E-state index < -0.39 is 10.0 Å². The van der Waals surface area contributed by atoms with E-state index in [1.807, 2.05) is 18.2 Å². The molecule has 0 amide bonds. The molecule has 1 heterocycles. The van der Waals surface area contributed by atoms with Crippen LogP contribution in [0, 0.1) is 5.92 Å². The number of rotatable bonds is 6. The van der Waals surface area contributed by atoms with Gasteiger partial charge < -0.3 is 0 Å². The standard InChI is InChI=1S/C14H21ClN2O2S/c15-13-6-4-12(5-7-13)11-17-20(18,19)10-8-14-3-1-2-9-16-14/h1-3,9,12-13,17H,4-8,10-11H2. The first-order valence-corrected chi connectivity index (χ1v) is 9.15. The lowest BCUT2D eigenvalue weighted by Crippen LogP contribution is -2.33. The van der Waals surface area contributed by atoms with Gasteiger partial charge in [-0.1, -0.05) is 6.07 Å². The summed E-state index contributed by atoms with van der Waals surface area (Å²) in [6.07, 6.45) is 6.13. The fraction of sp³-hybridized carbons (Fsp3) is 0.643. The van der Waals surface area contributed by atoms with Crippen molar-refractivity contribution < 1.29 is 8.42 Å². The predicted octanol–water partition coefficient (Wildman–Crippen LogP) is 2.34. The maximum absolute atomic E-state index is 11.9. The fourth-order valence-corrected chi connectivity index (χ4v) is 3.79. The van der Waals surface area contributed by atoms with E-state index in [1.54, 1.807) is 6.20 Å². The number of aryl methyl sites for hydroxylation is 1. The molecule has 1 aromatic heterocycles. The van der Waals surface area contributed by atoms with Crippen LogP contribution in [0.25, 0.3) is 0 Å². The van der Waals surface area contributed by atoms with Crippen LogP contribution in [-0.4, -0.2) is 31.1 Å². The van der Waals surface area contributed by atoms with Gasteiger partial charge in [-0.25, -0.2) is 13.1 Å². The van der Waals surface area contributed by atoms with Crippen LogP contribution >= 0.6 is 11.6 Å². The zero-order valence-electron chi connectivity index (χ0n) is 11.5. The SMILES string of the molecule is O=S(=O)(CCc1ccccn1)NCC1CCC(Cl)CC1. The molecule has 6 heteroatoms. The largest absolute Gasteiger partial charge is 0.261 e. The molecule has 112 valence electrons. The number of nitrogens with one attached hydrogen (secondary N) is 1. The number of pyridine rings is 1. The molecule has 0 spiro atoms. The van der Waals surface area contributed by atoms with Crippen LogP contribution in [-0.2, 0) is 16.4 Å². The summed E-state index contributed by atoms with van der Waals surface area (Å²) in [5.41, 5.74) is 0.806. The molecular formula is C14H21ClN2O2S. The lowest BCUT2D eigenvalue weighted by atomic mass is 9.89. The second-order valence-electron chi connectivity index (χ2n) is 5.36. The summed E-state index contributed by atoms with van der Waals surface area (Å²) < 4.78 is 26.6. The first kappa shape index (κ1) is 15.7. The van der Waals surface area contributed by atoms with Crippen LogP contribution in [0.15, 0.2) is 24.4 Å². The van der Waals surface area contributed by atoms with Gasteiger partial charge in [-0.2, -0.15) is 0 Å². The average Bonchev–Trinajstić information content (AvgIpc) is 2.46. The minimum atomic E-state index is -3.22. The number of alkyl halides is 1. The first-order valence-electron chi connectivity index (χ1n) is 7.06. The van der Waals surface area contributed by atoms with Gasteiger partial charge in [-0.15, -0.1) is 11.6 Å². The third-order valence-corrected chi connectivity index (χ3v) is 5.51. The van der Waals surface area contributed by atoms with Crippen LogP contribution in [0.4, 0.5) is 0 Å². The zero-order valence-corrected chi connectivity index (χ0v) is 13.0. The Hall–Kier alpha value is -0.650. The quantitative estimate of drug-likeness (QED) is 0.820. The highest BCUT2D eigenvalue weighted by atomic mass is 35.5. The Kier molecular flexibility index (Phi) is 5.81. The van der Waals surface area contributed by atoms with Gasteiger partial charge in [-0.3, -0.25) is 4.98 Å². The van der Waals surface area contributed by atoms with Gasteiger partial charge in [0.1, 0.15) is 0 Å². The summed E-state index contributed by atoms with van der Waals surface area (Å²) in [4.78, 5) is 4.13. The summed E-state index contributed by atoms with van der Waals surface area (Å²) in [6, 6.07) is 5.54. The van der Waals surface area contributed by atoms with E-state index in [2.05, 4.69) is 9.71 Å². The Morgan fingerprint density at radius 2 is 2.00 bits per heavy atom. The monoisotopic (exact) mass is 316 g/mol. The molecule has 0 atom stereocenters. The lowest BCUT2D eigenvalue weighted by molar-refractivity contribution is 0.361. The molecule has 0 saturated heterocycles. The smallest absolute Gasteiger partial charge is 0.211 e. The Morgan fingerprint density at radius 3 is 2.65 bits per heavy atom.